The molecule has 0 aromatic heterocycles. The Morgan fingerprint density at radius 2 is 2.47 bits per heavy atom. The molecule has 1 saturated heterocycles. The molecule has 7 nitrogen and oxygen atoms in total. The Hall–Kier alpha value is -1.75. The summed E-state index contributed by atoms with van der Waals surface area (Å²) < 4.78 is 0. The Bertz CT molecular complexity index is 351. The minimum absolute atomic E-state index is 0.0833. The Balaban J connectivity index is 2.61. The van der Waals surface area contributed by atoms with Gasteiger partial charge in [-0.3, -0.25) is 9.59 Å². The first-order valence-electron chi connectivity index (χ1n) is 5.69. The number of amides is 2. The lowest BCUT2D eigenvalue weighted by atomic mass is 9.94. The van der Waals surface area contributed by atoms with E-state index in [-0.39, 0.29) is 11.8 Å². The maximum Gasteiger partial charge on any atom is 0.240 e. The number of hydrogen-bond donors (Lipinski definition) is 1. The van der Waals surface area contributed by atoms with Crippen molar-refractivity contribution in [3.63, 3.8) is 0 Å². The predicted octanol–water partition coefficient (Wildman–Crippen LogP) is 0.799. The Labute approximate surface area is 99.6 Å². The van der Waals surface area contributed by atoms with Crippen molar-refractivity contribution in [1.82, 2.24) is 4.90 Å². The Kier molecular flexibility index (Phi) is 4.78. The molecule has 0 aromatic carbocycles. The molecule has 2 amide bonds. The molecule has 94 valence electrons. The van der Waals surface area contributed by atoms with Gasteiger partial charge in [-0.1, -0.05) is 12.0 Å². The maximum atomic E-state index is 11.9. The highest BCUT2D eigenvalue weighted by molar-refractivity contribution is 5.87. The smallest absolute Gasteiger partial charge is 0.240 e. The van der Waals surface area contributed by atoms with E-state index in [9.17, 15) is 9.59 Å². The van der Waals surface area contributed by atoms with Crippen LogP contribution in [0.5, 0.6) is 0 Å². The average Bonchev–Trinajstić information content (AvgIpc) is 2.29. The number of azide groups is 1. The normalized spacial score (nSPS) is 21.8. The van der Waals surface area contributed by atoms with Crippen LogP contribution in [0.15, 0.2) is 5.11 Å². The third-order valence-electron chi connectivity index (χ3n) is 3.06. The first-order chi connectivity index (χ1) is 8.10. The molecule has 0 aliphatic carbocycles. The number of hydrogen-bond acceptors (Lipinski definition) is 3. The highest BCUT2D eigenvalue weighted by Gasteiger charge is 2.32. The monoisotopic (exact) mass is 239 g/mol. The summed E-state index contributed by atoms with van der Waals surface area (Å²) in [6, 6.07) is -0.511. The highest BCUT2D eigenvalue weighted by Crippen LogP contribution is 2.21. The van der Waals surface area contributed by atoms with E-state index in [0.717, 1.165) is 6.42 Å². The number of likely N-dealkylation sites (tertiary alicyclic amines) is 1. The van der Waals surface area contributed by atoms with E-state index in [1.54, 1.807) is 0 Å². The number of carbonyl (C=O) groups excluding carboxylic acids is 2. The molecular weight excluding hydrogens is 222 g/mol. The zero-order chi connectivity index (χ0) is 12.8. The Morgan fingerprint density at radius 1 is 1.76 bits per heavy atom. The zero-order valence-corrected chi connectivity index (χ0v) is 9.87. The molecule has 1 rings (SSSR count). The van der Waals surface area contributed by atoms with Crippen LogP contribution in [0.3, 0.4) is 0 Å². The summed E-state index contributed by atoms with van der Waals surface area (Å²) in [7, 11) is 0. The van der Waals surface area contributed by atoms with Crippen molar-refractivity contribution in [2.45, 2.75) is 32.2 Å². The first-order valence-corrected chi connectivity index (χ1v) is 5.69. The van der Waals surface area contributed by atoms with Gasteiger partial charge in [-0.05, 0) is 24.3 Å². The summed E-state index contributed by atoms with van der Waals surface area (Å²) in [6.45, 7) is 2.67. The summed E-state index contributed by atoms with van der Waals surface area (Å²) in [6.07, 6.45) is 1.60. The molecule has 7 heteroatoms. The number of nitrogens with two attached hydrogens (primary N) is 1. The number of carbonyl (C=O) groups is 2. The second-order valence-electron chi connectivity index (χ2n) is 4.19. The van der Waals surface area contributed by atoms with Crippen LogP contribution < -0.4 is 5.73 Å². The fraction of sp³-hybridized carbons (Fsp3) is 0.800. The van der Waals surface area contributed by atoms with Gasteiger partial charge in [0.2, 0.25) is 11.8 Å². The van der Waals surface area contributed by atoms with Gasteiger partial charge < -0.3 is 10.6 Å². The molecule has 2 N–H and O–H groups in total. The quantitative estimate of drug-likeness (QED) is 0.434. The molecular formula is C10H17N5O2. The molecule has 2 atom stereocenters. The SMILES string of the molecule is CCC(C(N)=O)N1CCC(CN=[N+]=[N-])CC1=O. The fourth-order valence-electron chi connectivity index (χ4n) is 2.13. The molecule has 2 unspecified atom stereocenters. The van der Waals surface area contributed by atoms with Crippen LogP contribution in [0, 0.1) is 5.92 Å². The predicted molar refractivity (Wildman–Crippen MR) is 61.7 cm³/mol. The largest absolute Gasteiger partial charge is 0.368 e. The van der Waals surface area contributed by atoms with Gasteiger partial charge in [-0.2, -0.15) is 0 Å². The summed E-state index contributed by atoms with van der Waals surface area (Å²) >= 11 is 0. The molecule has 1 heterocycles. The molecule has 1 fully saturated rings. The van der Waals surface area contributed by atoms with Gasteiger partial charge in [0.15, 0.2) is 0 Å². The second kappa shape index (κ2) is 6.10. The lowest BCUT2D eigenvalue weighted by Crippen LogP contribution is -2.51. The number of piperidine rings is 1. The van der Waals surface area contributed by atoms with E-state index >= 15 is 0 Å². The van der Waals surface area contributed by atoms with Crippen LogP contribution in [0.25, 0.3) is 10.4 Å². The number of rotatable bonds is 5. The maximum absolute atomic E-state index is 11.9. The van der Waals surface area contributed by atoms with E-state index in [1.165, 1.54) is 4.90 Å². The van der Waals surface area contributed by atoms with Crippen LogP contribution >= 0.6 is 0 Å². The molecule has 0 saturated carbocycles. The number of primary amides is 1. The molecule has 0 radical (unpaired) electrons. The van der Waals surface area contributed by atoms with Crippen molar-refractivity contribution in [2.75, 3.05) is 13.1 Å². The van der Waals surface area contributed by atoms with Crippen LogP contribution in [0.2, 0.25) is 0 Å². The van der Waals surface area contributed by atoms with Crippen LogP contribution in [0.1, 0.15) is 26.2 Å². The van der Waals surface area contributed by atoms with E-state index in [1.807, 2.05) is 6.92 Å². The zero-order valence-electron chi connectivity index (χ0n) is 9.87. The molecule has 1 aliphatic heterocycles. The molecule has 0 bridgehead atoms. The molecule has 0 aromatic rings. The lowest BCUT2D eigenvalue weighted by Gasteiger charge is -2.35. The standard InChI is InChI=1S/C10H17N5O2/c1-2-8(10(11)17)15-4-3-7(5-9(15)16)6-13-14-12/h7-8H,2-6H2,1H3,(H2,11,17). The molecule has 0 spiro atoms. The molecule has 1 aliphatic rings. The molecule has 17 heavy (non-hydrogen) atoms. The third-order valence-corrected chi connectivity index (χ3v) is 3.06. The minimum Gasteiger partial charge on any atom is -0.368 e. The summed E-state index contributed by atoms with van der Waals surface area (Å²) in [5.74, 6) is -0.464. The third kappa shape index (κ3) is 3.35. The Morgan fingerprint density at radius 3 is 2.94 bits per heavy atom. The van der Waals surface area contributed by atoms with Gasteiger partial charge in [-0.15, -0.1) is 0 Å². The fourth-order valence-corrected chi connectivity index (χ4v) is 2.13. The van der Waals surface area contributed by atoms with Crippen LogP contribution in [0.4, 0.5) is 0 Å². The van der Waals surface area contributed by atoms with E-state index in [2.05, 4.69) is 10.0 Å². The lowest BCUT2D eigenvalue weighted by molar-refractivity contribution is -0.142. The topological polar surface area (TPSA) is 112 Å². The number of nitrogens with zero attached hydrogens (tertiary/aromatic N) is 4. The summed E-state index contributed by atoms with van der Waals surface area (Å²) in [5, 5.41) is 3.47. The van der Waals surface area contributed by atoms with Crippen molar-refractivity contribution < 1.29 is 9.59 Å². The van der Waals surface area contributed by atoms with E-state index in [0.29, 0.717) is 25.9 Å². The first kappa shape index (κ1) is 13.3. The van der Waals surface area contributed by atoms with Gasteiger partial charge in [0.1, 0.15) is 6.04 Å². The van der Waals surface area contributed by atoms with Gasteiger partial charge in [0.25, 0.3) is 0 Å². The van der Waals surface area contributed by atoms with Crippen LogP contribution in [-0.4, -0.2) is 35.8 Å². The average molecular weight is 239 g/mol. The van der Waals surface area contributed by atoms with E-state index < -0.39 is 11.9 Å². The van der Waals surface area contributed by atoms with Gasteiger partial charge >= 0.3 is 0 Å². The van der Waals surface area contributed by atoms with Gasteiger partial charge in [0.05, 0.1) is 0 Å². The highest BCUT2D eigenvalue weighted by atomic mass is 16.2. The van der Waals surface area contributed by atoms with Crippen molar-refractivity contribution in [1.29, 1.82) is 0 Å². The van der Waals surface area contributed by atoms with Gasteiger partial charge in [0, 0.05) is 24.4 Å². The van der Waals surface area contributed by atoms with Gasteiger partial charge in [-0.25, -0.2) is 0 Å². The van der Waals surface area contributed by atoms with Crippen molar-refractivity contribution in [3.8, 4) is 0 Å². The van der Waals surface area contributed by atoms with Crippen molar-refractivity contribution in [3.05, 3.63) is 10.4 Å². The second-order valence-corrected chi connectivity index (χ2v) is 4.19. The summed E-state index contributed by atoms with van der Waals surface area (Å²) in [4.78, 5) is 27.3. The summed E-state index contributed by atoms with van der Waals surface area (Å²) in [5.41, 5.74) is 13.5. The minimum atomic E-state index is -0.511. The van der Waals surface area contributed by atoms with E-state index in [4.69, 9.17) is 11.3 Å². The van der Waals surface area contributed by atoms with Crippen molar-refractivity contribution >= 4 is 11.8 Å². The van der Waals surface area contributed by atoms with Crippen LogP contribution in [-0.2, 0) is 9.59 Å². The van der Waals surface area contributed by atoms with Crippen molar-refractivity contribution in [2.24, 2.45) is 16.8 Å².